The van der Waals surface area contributed by atoms with Crippen molar-refractivity contribution in [3.05, 3.63) is 71.6 Å². The van der Waals surface area contributed by atoms with Gasteiger partial charge in [0.2, 0.25) is 12.3 Å². The van der Waals surface area contributed by atoms with Gasteiger partial charge in [-0.15, -0.1) is 10.2 Å². The summed E-state index contributed by atoms with van der Waals surface area (Å²) in [6, 6.07) is 15.5. The van der Waals surface area contributed by atoms with Crippen LogP contribution in [0.2, 0.25) is 0 Å². The fourth-order valence-electron chi connectivity index (χ4n) is 3.41. The van der Waals surface area contributed by atoms with Crippen molar-refractivity contribution >= 4 is 5.91 Å². The highest BCUT2D eigenvalue weighted by Crippen LogP contribution is 2.18. The van der Waals surface area contributed by atoms with Crippen molar-refractivity contribution in [2.45, 2.75) is 25.9 Å². The third-order valence-corrected chi connectivity index (χ3v) is 4.90. The van der Waals surface area contributed by atoms with Crippen LogP contribution in [0.25, 0.3) is 11.5 Å². The van der Waals surface area contributed by atoms with Crippen LogP contribution in [0.5, 0.6) is 0 Å². The third-order valence-electron chi connectivity index (χ3n) is 4.90. The predicted octanol–water partition coefficient (Wildman–Crippen LogP) is 3.26. The molecule has 6 heteroatoms. The van der Waals surface area contributed by atoms with Crippen molar-refractivity contribution in [3.63, 3.8) is 0 Å². The first-order valence-corrected chi connectivity index (χ1v) is 9.23. The number of carbonyl (C=O) groups excluding carboxylic acids is 1. The van der Waals surface area contributed by atoms with E-state index < -0.39 is 0 Å². The van der Waals surface area contributed by atoms with E-state index in [1.807, 2.05) is 18.2 Å². The van der Waals surface area contributed by atoms with Crippen LogP contribution in [-0.4, -0.2) is 34.1 Å². The van der Waals surface area contributed by atoms with Gasteiger partial charge < -0.3 is 9.73 Å². The monoisotopic (exact) mass is 362 g/mol. The van der Waals surface area contributed by atoms with Gasteiger partial charge in [-0.2, -0.15) is 0 Å². The van der Waals surface area contributed by atoms with Crippen molar-refractivity contribution in [1.29, 1.82) is 0 Å². The molecule has 1 aliphatic rings. The fraction of sp³-hybridized carbons (Fsp3) is 0.286. The molecular weight excluding hydrogens is 340 g/mol. The molecule has 1 fully saturated rings. The molecule has 0 radical (unpaired) electrons. The maximum atomic E-state index is 12.5. The summed E-state index contributed by atoms with van der Waals surface area (Å²) in [6.45, 7) is 3.79. The quantitative estimate of drug-likeness (QED) is 0.729. The summed E-state index contributed by atoms with van der Waals surface area (Å²) in [4.78, 5) is 15.0. The zero-order chi connectivity index (χ0) is 18.5. The summed E-state index contributed by atoms with van der Waals surface area (Å²) in [5.41, 5.74) is 3.85. The molecule has 0 atom stereocenters. The van der Waals surface area contributed by atoms with Gasteiger partial charge in [0.15, 0.2) is 0 Å². The van der Waals surface area contributed by atoms with Gasteiger partial charge in [0, 0.05) is 24.2 Å². The van der Waals surface area contributed by atoms with Gasteiger partial charge in [-0.25, -0.2) is 0 Å². The Morgan fingerprint density at radius 3 is 2.48 bits per heavy atom. The van der Waals surface area contributed by atoms with Crippen molar-refractivity contribution < 1.29 is 9.21 Å². The van der Waals surface area contributed by atoms with Gasteiger partial charge in [-0.05, 0) is 61.3 Å². The minimum Gasteiger partial charge on any atom is -0.423 e. The molecule has 0 aliphatic carbocycles. The van der Waals surface area contributed by atoms with Crippen molar-refractivity contribution in [2.75, 3.05) is 13.1 Å². The lowest BCUT2D eigenvalue weighted by atomic mass is 10.1. The minimum absolute atomic E-state index is 0.0944. The Labute approximate surface area is 158 Å². The van der Waals surface area contributed by atoms with Crippen LogP contribution in [-0.2, 0) is 13.1 Å². The number of amides is 1. The number of benzene rings is 2. The standard InChI is InChI=1S/C21H22N4O2/c26-20(16-7-9-17(10-8-16)21-24-23-15-27-21)22-13-18-5-1-2-6-19(18)14-25-11-3-4-12-25/h1-2,5-10,15H,3-4,11-14H2,(H,22,26). The Balaban J connectivity index is 1.39. The van der Waals surface area contributed by atoms with E-state index in [9.17, 15) is 4.79 Å². The molecule has 3 aromatic rings. The van der Waals surface area contributed by atoms with Crippen LogP contribution in [0, 0.1) is 0 Å². The number of aromatic nitrogens is 2. The Hall–Kier alpha value is -2.99. The molecule has 2 aromatic carbocycles. The van der Waals surface area contributed by atoms with E-state index in [-0.39, 0.29) is 5.91 Å². The number of nitrogens with one attached hydrogen (secondary N) is 1. The summed E-state index contributed by atoms with van der Waals surface area (Å²) < 4.78 is 5.17. The molecule has 2 heterocycles. The summed E-state index contributed by atoms with van der Waals surface area (Å²) in [5, 5.41) is 10.6. The van der Waals surface area contributed by atoms with E-state index in [1.54, 1.807) is 12.1 Å². The summed E-state index contributed by atoms with van der Waals surface area (Å²) in [6.07, 6.45) is 3.84. The van der Waals surface area contributed by atoms with Gasteiger partial charge in [0.05, 0.1) is 0 Å². The number of nitrogens with zero attached hydrogens (tertiary/aromatic N) is 3. The molecule has 27 heavy (non-hydrogen) atoms. The molecule has 0 spiro atoms. The summed E-state index contributed by atoms with van der Waals surface area (Å²) in [7, 11) is 0. The average molecular weight is 362 g/mol. The van der Waals surface area contributed by atoms with Crippen LogP contribution >= 0.6 is 0 Å². The number of carbonyl (C=O) groups is 1. The SMILES string of the molecule is O=C(NCc1ccccc1CN1CCCC1)c1ccc(-c2nnco2)cc1. The lowest BCUT2D eigenvalue weighted by molar-refractivity contribution is 0.0951. The topological polar surface area (TPSA) is 71.3 Å². The van der Waals surface area contributed by atoms with Crippen molar-refractivity contribution in [1.82, 2.24) is 20.4 Å². The first kappa shape index (κ1) is 17.4. The van der Waals surface area contributed by atoms with Crippen LogP contribution < -0.4 is 5.32 Å². The first-order valence-electron chi connectivity index (χ1n) is 9.23. The number of likely N-dealkylation sites (tertiary alicyclic amines) is 1. The second-order valence-corrected chi connectivity index (χ2v) is 6.76. The molecule has 1 aromatic heterocycles. The van der Waals surface area contributed by atoms with E-state index in [4.69, 9.17) is 4.42 Å². The molecule has 1 amide bonds. The molecule has 0 unspecified atom stereocenters. The Bertz CT molecular complexity index is 885. The Kier molecular flexibility index (Phi) is 5.25. The average Bonchev–Trinajstić information content (AvgIpc) is 3.41. The maximum Gasteiger partial charge on any atom is 0.251 e. The second kappa shape index (κ2) is 8.14. The van der Waals surface area contributed by atoms with Crippen molar-refractivity contribution in [2.24, 2.45) is 0 Å². The molecule has 6 nitrogen and oxygen atoms in total. The molecular formula is C21H22N4O2. The van der Waals surface area contributed by atoms with Gasteiger partial charge >= 0.3 is 0 Å². The molecule has 138 valence electrons. The van der Waals surface area contributed by atoms with Gasteiger partial charge in [-0.1, -0.05) is 24.3 Å². The molecule has 0 bridgehead atoms. The Morgan fingerprint density at radius 2 is 1.78 bits per heavy atom. The van der Waals surface area contributed by atoms with Crippen molar-refractivity contribution in [3.8, 4) is 11.5 Å². The summed E-state index contributed by atoms with van der Waals surface area (Å²) in [5.74, 6) is 0.348. The summed E-state index contributed by atoms with van der Waals surface area (Å²) >= 11 is 0. The van der Waals surface area contributed by atoms with E-state index in [1.165, 1.54) is 30.4 Å². The van der Waals surface area contributed by atoms with Crippen LogP contribution in [0.4, 0.5) is 0 Å². The highest BCUT2D eigenvalue weighted by molar-refractivity contribution is 5.94. The van der Waals surface area contributed by atoms with E-state index in [0.717, 1.165) is 25.2 Å². The highest BCUT2D eigenvalue weighted by Gasteiger charge is 2.14. The highest BCUT2D eigenvalue weighted by atomic mass is 16.4. The molecule has 0 saturated carbocycles. The van der Waals surface area contributed by atoms with Gasteiger partial charge in [-0.3, -0.25) is 9.69 Å². The van der Waals surface area contributed by atoms with E-state index >= 15 is 0 Å². The van der Waals surface area contributed by atoms with Gasteiger partial charge in [0.1, 0.15) is 0 Å². The number of hydrogen-bond donors (Lipinski definition) is 1. The molecule has 1 saturated heterocycles. The zero-order valence-electron chi connectivity index (χ0n) is 15.1. The van der Waals surface area contributed by atoms with E-state index in [2.05, 4.69) is 38.6 Å². The maximum absolute atomic E-state index is 12.5. The number of hydrogen-bond acceptors (Lipinski definition) is 5. The lowest BCUT2D eigenvalue weighted by Gasteiger charge is -2.17. The largest absolute Gasteiger partial charge is 0.423 e. The lowest BCUT2D eigenvalue weighted by Crippen LogP contribution is -2.25. The predicted molar refractivity (Wildman–Crippen MR) is 102 cm³/mol. The fourth-order valence-corrected chi connectivity index (χ4v) is 3.41. The first-order chi connectivity index (χ1) is 13.3. The minimum atomic E-state index is -0.0944. The van der Waals surface area contributed by atoms with Crippen LogP contribution in [0.3, 0.4) is 0 Å². The third kappa shape index (κ3) is 4.23. The Morgan fingerprint density at radius 1 is 1.04 bits per heavy atom. The van der Waals surface area contributed by atoms with Crippen LogP contribution in [0.1, 0.15) is 34.3 Å². The molecule has 4 rings (SSSR count). The normalized spacial score (nSPS) is 14.4. The zero-order valence-corrected chi connectivity index (χ0v) is 15.1. The number of rotatable bonds is 6. The molecule has 1 aliphatic heterocycles. The van der Waals surface area contributed by atoms with Crippen LogP contribution in [0.15, 0.2) is 59.3 Å². The smallest absolute Gasteiger partial charge is 0.251 e. The van der Waals surface area contributed by atoms with Gasteiger partial charge in [0.25, 0.3) is 5.91 Å². The van der Waals surface area contributed by atoms with E-state index in [0.29, 0.717) is 18.0 Å². The molecule has 1 N–H and O–H groups in total. The second-order valence-electron chi connectivity index (χ2n) is 6.76.